The van der Waals surface area contributed by atoms with Crippen molar-refractivity contribution in [2.24, 2.45) is 5.92 Å². The number of thiophene rings is 2. The monoisotopic (exact) mass is 367 g/mol. The van der Waals surface area contributed by atoms with Gasteiger partial charge in [-0.3, -0.25) is 4.79 Å². The Hall–Kier alpha value is -1.18. The van der Waals surface area contributed by atoms with Gasteiger partial charge in [-0.05, 0) is 41.3 Å². The van der Waals surface area contributed by atoms with Crippen molar-refractivity contribution in [2.75, 3.05) is 18.1 Å². The lowest BCUT2D eigenvalue weighted by Crippen LogP contribution is -2.43. The third-order valence-corrected chi connectivity index (χ3v) is 8.33. The van der Waals surface area contributed by atoms with E-state index < -0.39 is 9.84 Å². The summed E-state index contributed by atoms with van der Waals surface area (Å²) in [4.78, 5) is 17.4. The number of carbonyl (C=O) groups is 1. The van der Waals surface area contributed by atoms with Gasteiger partial charge in [-0.2, -0.15) is 0 Å². The molecule has 0 N–H and O–H groups in total. The normalized spacial score (nSPS) is 26.2. The van der Waals surface area contributed by atoms with Crippen LogP contribution in [0.25, 0.3) is 0 Å². The fourth-order valence-electron chi connectivity index (χ4n) is 3.53. The molecule has 1 amide bonds. The first-order chi connectivity index (χ1) is 11.1. The minimum atomic E-state index is -3.04. The van der Waals surface area contributed by atoms with E-state index in [1.54, 1.807) is 22.7 Å². The quantitative estimate of drug-likeness (QED) is 0.820. The standard InChI is InChI=1S/C16H17NO3S3/c18-16(11-5-9-23(19,20)10-11)17-6-3-13-12(4-8-22-13)15(17)14-2-1-7-21-14/h1-2,4,7-8,11,15H,3,5-6,9-10H2/t11-,15+/m1/s1. The number of sulfone groups is 1. The second-order valence-corrected chi connectivity index (χ2v) is 10.3. The van der Waals surface area contributed by atoms with Crippen LogP contribution in [0.4, 0.5) is 0 Å². The van der Waals surface area contributed by atoms with E-state index in [2.05, 4.69) is 17.5 Å². The molecule has 1 saturated heterocycles. The second kappa shape index (κ2) is 5.72. The fraction of sp³-hybridized carbons (Fsp3) is 0.438. The number of hydrogen-bond acceptors (Lipinski definition) is 5. The summed E-state index contributed by atoms with van der Waals surface area (Å²) in [5.41, 5.74) is 1.21. The van der Waals surface area contributed by atoms with Crippen molar-refractivity contribution >= 4 is 38.4 Å². The van der Waals surface area contributed by atoms with E-state index in [0.29, 0.717) is 13.0 Å². The molecule has 0 radical (unpaired) electrons. The molecule has 0 spiro atoms. The predicted molar refractivity (Wildman–Crippen MR) is 92.7 cm³/mol. The Morgan fingerprint density at radius 3 is 2.78 bits per heavy atom. The van der Waals surface area contributed by atoms with E-state index >= 15 is 0 Å². The van der Waals surface area contributed by atoms with Crippen molar-refractivity contribution in [3.8, 4) is 0 Å². The van der Waals surface area contributed by atoms with Crippen molar-refractivity contribution in [3.63, 3.8) is 0 Å². The molecule has 4 nitrogen and oxygen atoms in total. The van der Waals surface area contributed by atoms with Crippen molar-refractivity contribution in [1.82, 2.24) is 4.90 Å². The highest BCUT2D eigenvalue weighted by Gasteiger charge is 2.40. The molecule has 0 aromatic carbocycles. The summed E-state index contributed by atoms with van der Waals surface area (Å²) in [6, 6.07) is 6.12. The van der Waals surface area contributed by atoms with Crippen LogP contribution in [0.3, 0.4) is 0 Å². The molecule has 2 aliphatic heterocycles. The highest BCUT2D eigenvalue weighted by atomic mass is 32.2. The molecule has 1 fully saturated rings. The minimum Gasteiger partial charge on any atom is -0.330 e. The molecule has 2 atom stereocenters. The molecule has 2 aromatic rings. The van der Waals surface area contributed by atoms with E-state index in [9.17, 15) is 13.2 Å². The largest absolute Gasteiger partial charge is 0.330 e. The van der Waals surface area contributed by atoms with Gasteiger partial charge < -0.3 is 4.90 Å². The lowest BCUT2D eigenvalue weighted by atomic mass is 9.96. The summed E-state index contributed by atoms with van der Waals surface area (Å²) in [7, 11) is -3.04. The average molecular weight is 368 g/mol. The number of amides is 1. The highest BCUT2D eigenvalue weighted by Crippen LogP contribution is 2.40. The summed E-state index contributed by atoms with van der Waals surface area (Å²) in [5.74, 6) is -0.218. The zero-order valence-corrected chi connectivity index (χ0v) is 14.9. The Bertz CT molecular complexity index is 823. The predicted octanol–water partition coefficient (Wildman–Crippen LogP) is 2.72. The summed E-state index contributed by atoms with van der Waals surface area (Å²) in [6.07, 6.45) is 1.32. The van der Waals surface area contributed by atoms with Crippen LogP contribution in [0, 0.1) is 5.92 Å². The molecule has 0 bridgehead atoms. The Kier molecular flexibility index (Phi) is 3.82. The first-order valence-corrected chi connectivity index (χ1v) is 11.2. The number of hydrogen-bond donors (Lipinski definition) is 0. The molecular formula is C16H17NO3S3. The molecule has 4 heterocycles. The highest BCUT2D eigenvalue weighted by molar-refractivity contribution is 7.91. The lowest BCUT2D eigenvalue weighted by molar-refractivity contribution is -0.136. The van der Waals surface area contributed by atoms with E-state index in [1.165, 1.54) is 10.4 Å². The molecule has 2 aliphatic rings. The van der Waals surface area contributed by atoms with Gasteiger partial charge >= 0.3 is 0 Å². The number of nitrogens with zero attached hydrogens (tertiary/aromatic N) is 1. The minimum absolute atomic E-state index is 0.00123. The van der Waals surface area contributed by atoms with Crippen LogP contribution in [0.5, 0.6) is 0 Å². The van der Waals surface area contributed by atoms with E-state index in [4.69, 9.17) is 0 Å². The van der Waals surface area contributed by atoms with Gasteiger partial charge in [-0.25, -0.2) is 8.42 Å². The maximum Gasteiger partial charge on any atom is 0.227 e. The van der Waals surface area contributed by atoms with Crippen molar-refractivity contribution in [2.45, 2.75) is 18.9 Å². The first-order valence-electron chi connectivity index (χ1n) is 7.66. The Balaban J connectivity index is 1.69. The third-order valence-electron chi connectivity index (χ3n) is 4.64. The van der Waals surface area contributed by atoms with Crippen LogP contribution in [-0.4, -0.2) is 37.3 Å². The van der Waals surface area contributed by atoms with Crippen molar-refractivity contribution < 1.29 is 13.2 Å². The molecule has 0 saturated carbocycles. The van der Waals surface area contributed by atoms with Crippen LogP contribution < -0.4 is 0 Å². The van der Waals surface area contributed by atoms with Crippen molar-refractivity contribution in [3.05, 3.63) is 44.3 Å². The van der Waals surface area contributed by atoms with Gasteiger partial charge in [0.15, 0.2) is 9.84 Å². The molecule has 2 aromatic heterocycles. The zero-order chi connectivity index (χ0) is 16.0. The van der Waals surface area contributed by atoms with E-state index in [-0.39, 0.29) is 29.4 Å². The number of fused-ring (bicyclic) bond motifs is 1. The summed E-state index contributed by atoms with van der Waals surface area (Å²) >= 11 is 3.40. The summed E-state index contributed by atoms with van der Waals surface area (Å²) in [5, 5.41) is 4.11. The van der Waals surface area contributed by atoms with Gasteiger partial charge in [0, 0.05) is 16.3 Å². The SMILES string of the molecule is O=C([C@@H]1CCS(=O)(=O)C1)N1CCc2sccc2[C@H]1c1cccs1. The molecule has 122 valence electrons. The maximum absolute atomic E-state index is 13.0. The third kappa shape index (κ3) is 2.75. The van der Waals surface area contributed by atoms with Gasteiger partial charge in [0.1, 0.15) is 0 Å². The van der Waals surface area contributed by atoms with E-state index in [0.717, 1.165) is 11.3 Å². The number of carbonyl (C=O) groups excluding carboxylic acids is 1. The molecule has 23 heavy (non-hydrogen) atoms. The second-order valence-electron chi connectivity index (χ2n) is 6.10. The van der Waals surface area contributed by atoms with E-state index in [1.807, 2.05) is 16.3 Å². The summed E-state index contributed by atoms with van der Waals surface area (Å²) < 4.78 is 23.5. The molecule has 0 unspecified atom stereocenters. The summed E-state index contributed by atoms with van der Waals surface area (Å²) in [6.45, 7) is 0.672. The van der Waals surface area contributed by atoms with Crippen molar-refractivity contribution in [1.29, 1.82) is 0 Å². The van der Waals surface area contributed by atoms with Crippen LogP contribution >= 0.6 is 22.7 Å². The van der Waals surface area contributed by atoms with Crippen LogP contribution in [0.1, 0.15) is 27.8 Å². The average Bonchev–Trinajstić information content (AvgIpc) is 3.25. The Labute approximate surface area is 143 Å². The van der Waals surface area contributed by atoms with Crippen LogP contribution in [0.2, 0.25) is 0 Å². The van der Waals surface area contributed by atoms with Crippen LogP contribution in [-0.2, 0) is 21.1 Å². The zero-order valence-electron chi connectivity index (χ0n) is 12.5. The lowest BCUT2D eigenvalue weighted by Gasteiger charge is -2.36. The van der Waals surface area contributed by atoms with Gasteiger partial charge in [-0.1, -0.05) is 6.07 Å². The number of rotatable bonds is 2. The van der Waals surface area contributed by atoms with Gasteiger partial charge in [0.05, 0.1) is 23.5 Å². The van der Waals surface area contributed by atoms with Gasteiger partial charge in [-0.15, -0.1) is 22.7 Å². The maximum atomic E-state index is 13.0. The molecule has 4 rings (SSSR count). The molecular weight excluding hydrogens is 350 g/mol. The van der Waals surface area contributed by atoms with Gasteiger partial charge in [0.25, 0.3) is 0 Å². The fourth-order valence-corrected chi connectivity index (χ4v) is 7.02. The smallest absolute Gasteiger partial charge is 0.227 e. The molecule has 0 aliphatic carbocycles. The van der Waals surface area contributed by atoms with Gasteiger partial charge in [0.2, 0.25) is 5.91 Å². The molecule has 7 heteroatoms. The van der Waals surface area contributed by atoms with Crippen LogP contribution in [0.15, 0.2) is 29.0 Å². The Morgan fingerprint density at radius 2 is 2.09 bits per heavy atom. The Morgan fingerprint density at radius 1 is 1.22 bits per heavy atom. The topological polar surface area (TPSA) is 54.5 Å². The first kappa shape index (κ1) is 15.4.